The number of aliphatic carboxylic acids is 1. The number of carboxylic acid groups (broad SMARTS) is 1. The molecule has 1 aromatic rings. The van der Waals surface area contributed by atoms with E-state index in [-0.39, 0.29) is 18.8 Å². The van der Waals surface area contributed by atoms with Crippen molar-refractivity contribution in [1.82, 2.24) is 15.0 Å². The van der Waals surface area contributed by atoms with Gasteiger partial charge in [0.05, 0.1) is 5.69 Å². The van der Waals surface area contributed by atoms with Crippen LogP contribution in [0.4, 0.5) is 0 Å². The molecular weight excluding hydrogens is 248 g/mol. The van der Waals surface area contributed by atoms with Gasteiger partial charge < -0.3 is 10.8 Å². The highest BCUT2D eigenvalue weighted by Gasteiger charge is 2.55. The largest absolute Gasteiger partial charge is 0.479 e. The van der Waals surface area contributed by atoms with E-state index in [1.165, 1.54) is 4.68 Å². The SMILES string of the molecule is CCCCc1cn(C2(C(=O)O)CC(C(N)=O)C2)nn1. The molecule has 0 radical (unpaired) electrons. The van der Waals surface area contributed by atoms with Crippen LogP contribution < -0.4 is 5.73 Å². The van der Waals surface area contributed by atoms with E-state index in [4.69, 9.17) is 5.73 Å². The van der Waals surface area contributed by atoms with Crippen LogP contribution in [-0.4, -0.2) is 32.0 Å². The lowest BCUT2D eigenvalue weighted by molar-refractivity contribution is -0.159. The number of carboxylic acids is 1. The molecule has 1 saturated carbocycles. The summed E-state index contributed by atoms with van der Waals surface area (Å²) in [5.41, 5.74) is 4.82. The zero-order valence-electron chi connectivity index (χ0n) is 10.9. The molecule has 0 atom stereocenters. The Bertz CT molecular complexity index is 491. The van der Waals surface area contributed by atoms with E-state index in [1.807, 2.05) is 0 Å². The number of primary amides is 1. The Morgan fingerprint density at radius 1 is 1.58 bits per heavy atom. The fourth-order valence-corrected chi connectivity index (χ4v) is 2.40. The number of rotatable bonds is 6. The van der Waals surface area contributed by atoms with Crippen molar-refractivity contribution in [2.24, 2.45) is 11.7 Å². The highest BCUT2D eigenvalue weighted by atomic mass is 16.4. The van der Waals surface area contributed by atoms with Crippen molar-refractivity contribution in [1.29, 1.82) is 0 Å². The first-order chi connectivity index (χ1) is 8.99. The maximum atomic E-state index is 11.5. The molecule has 1 fully saturated rings. The monoisotopic (exact) mass is 266 g/mol. The first-order valence-electron chi connectivity index (χ1n) is 6.44. The molecule has 104 valence electrons. The van der Waals surface area contributed by atoms with Crippen LogP contribution in [0, 0.1) is 5.92 Å². The Morgan fingerprint density at radius 3 is 2.79 bits per heavy atom. The summed E-state index contributed by atoms with van der Waals surface area (Å²) >= 11 is 0. The standard InChI is InChI=1S/C12H18N4O3/c1-2-3-4-9-7-16(15-14-9)12(11(18)19)5-8(6-12)10(13)17/h7-8H,2-6H2,1H3,(H2,13,17)(H,18,19). The molecule has 2 rings (SSSR count). The quantitative estimate of drug-likeness (QED) is 0.769. The third kappa shape index (κ3) is 2.32. The van der Waals surface area contributed by atoms with Crippen LogP contribution in [0.2, 0.25) is 0 Å². The lowest BCUT2D eigenvalue weighted by atomic mass is 9.68. The molecule has 1 aromatic heterocycles. The summed E-state index contributed by atoms with van der Waals surface area (Å²) in [6.07, 6.45) is 4.86. The first-order valence-corrected chi connectivity index (χ1v) is 6.44. The zero-order valence-corrected chi connectivity index (χ0v) is 10.9. The topological polar surface area (TPSA) is 111 Å². The fraction of sp³-hybridized carbons (Fsp3) is 0.667. The third-order valence-electron chi connectivity index (χ3n) is 3.73. The van der Waals surface area contributed by atoms with Gasteiger partial charge in [-0.15, -0.1) is 5.10 Å². The van der Waals surface area contributed by atoms with Crippen LogP contribution in [0.25, 0.3) is 0 Å². The maximum Gasteiger partial charge on any atom is 0.331 e. The number of carbonyl (C=O) groups excluding carboxylic acids is 1. The molecule has 1 heterocycles. The van der Waals surface area contributed by atoms with Crippen LogP contribution in [0.5, 0.6) is 0 Å². The molecule has 1 amide bonds. The molecular formula is C12H18N4O3. The number of hydrogen-bond acceptors (Lipinski definition) is 4. The molecule has 7 heteroatoms. The van der Waals surface area contributed by atoms with Crippen molar-refractivity contribution in [2.75, 3.05) is 0 Å². The van der Waals surface area contributed by atoms with Gasteiger partial charge in [0.1, 0.15) is 0 Å². The Kier molecular flexibility index (Phi) is 3.55. The van der Waals surface area contributed by atoms with Gasteiger partial charge in [-0.2, -0.15) is 0 Å². The average molecular weight is 266 g/mol. The normalized spacial score (nSPS) is 25.8. The summed E-state index contributed by atoms with van der Waals surface area (Å²) < 4.78 is 1.37. The van der Waals surface area contributed by atoms with Gasteiger partial charge in [-0.1, -0.05) is 18.6 Å². The average Bonchev–Trinajstić information content (AvgIpc) is 2.73. The first kappa shape index (κ1) is 13.5. The van der Waals surface area contributed by atoms with Crippen LogP contribution in [0.3, 0.4) is 0 Å². The number of amides is 1. The molecule has 7 nitrogen and oxygen atoms in total. The van der Waals surface area contributed by atoms with Gasteiger partial charge in [0, 0.05) is 12.1 Å². The summed E-state index contributed by atoms with van der Waals surface area (Å²) in [4.78, 5) is 22.5. The van der Waals surface area contributed by atoms with E-state index in [0.717, 1.165) is 25.0 Å². The zero-order chi connectivity index (χ0) is 14.0. The van der Waals surface area contributed by atoms with Crippen molar-refractivity contribution < 1.29 is 14.7 Å². The molecule has 0 unspecified atom stereocenters. The molecule has 0 aliphatic heterocycles. The summed E-state index contributed by atoms with van der Waals surface area (Å²) in [5.74, 6) is -1.83. The van der Waals surface area contributed by atoms with Gasteiger partial charge in [-0.05, 0) is 25.7 Å². The van der Waals surface area contributed by atoms with Crippen LogP contribution >= 0.6 is 0 Å². The number of nitrogens with zero attached hydrogens (tertiary/aromatic N) is 3. The number of nitrogens with two attached hydrogens (primary N) is 1. The molecule has 1 aliphatic carbocycles. The number of unbranched alkanes of at least 4 members (excludes halogenated alkanes) is 1. The molecule has 19 heavy (non-hydrogen) atoms. The van der Waals surface area contributed by atoms with Gasteiger partial charge in [0.25, 0.3) is 0 Å². The second-order valence-corrected chi connectivity index (χ2v) is 5.10. The minimum Gasteiger partial charge on any atom is -0.479 e. The van der Waals surface area contributed by atoms with Crippen LogP contribution in [-0.2, 0) is 21.5 Å². The summed E-state index contributed by atoms with van der Waals surface area (Å²) in [7, 11) is 0. The second-order valence-electron chi connectivity index (χ2n) is 5.10. The molecule has 0 aromatic carbocycles. The fourth-order valence-electron chi connectivity index (χ4n) is 2.40. The van der Waals surface area contributed by atoms with Crippen molar-refractivity contribution in [3.8, 4) is 0 Å². The second kappa shape index (κ2) is 4.99. The van der Waals surface area contributed by atoms with Gasteiger partial charge >= 0.3 is 5.97 Å². The Morgan fingerprint density at radius 2 is 2.26 bits per heavy atom. The minimum absolute atomic E-state index is 0.189. The summed E-state index contributed by atoms with van der Waals surface area (Å²) in [5, 5.41) is 17.3. The van der Waals surface area contributed by atoms with Crippen molar-refractivity contribution in [3.05, 3.63) is 11.9 Å². The van der Waals surface area contributed by atoms with Gasteiger partial charge in [0.2, 0.25) is 5.91 Å². The van der Waals surface area contributed by atoms with Crippen LogP contribution in [0.1, 0.15) is 38.3 Å². The minimum atomic E-state index is -1.16. The van der Waals surface area contributed by atoms with E-state index in [1.54, 1.807) is 6.20 Å². The van der Waals surface area contributed by atoms with Gasteiger partial charge in [0.15, 0.2) is 5.54 Å². The van der Waals surface area contributed by atoms with E-state index < -0.39 is 17.4 Å². The van der Waals surface area contributed by atoms with E-state index >= 15 is 0 Å². The van der Waals surface area contributed by atoms with E-state index in [2.05, 4.69) is 17.2 Å². The van der Waals surface area contributed by atoms with Gasteiger partial charge in [-0.3, -0.25) is 4.79 Å². The molecule has 0 bridgehead atoms. The van der Waals surface area contributed by atoms with Gasteiger partial charge in [-0.25, -0.2) is 9.48 Å². The molecule has 1 aliphatic rings. The highest BCUT2D eigenvalue weighted by Crippen LogP contribution is 2.43. The van der Waals surface area contributed by atoms with Crippen molar-refractivity contribution in [3.63, 3.8) is 0 Å². The number of aryl methyl sites for hydroxylation is 1. The highest BCUT2D eigenvalue weighted by molar-refractivity contribution is 5.85. The predicted molar refractivity (Wildman–Crippen MR) is 66.2 cm³/mol. The summed E-state index contributed by atoms with van der Waals surface area (Å²) in [6.45, 7) is 2.08. The third-order valence-corrected chi connectivity index (χ3v) is 3.73. The maximum absolute atomic E-state index is 11.5. The smallest absolute Gasteiger partial charge is 0.331 e. The van der Waals surface area contributed by atoms with E-state index in [0.29, 0.717) is 0 Å². The van der Waals surface area contributed by atoms with E-state index in [9.17, 15) is 14.7 Å². The predicted octanol–water partition coefficient (Wildman–Crippen LogP) is 0.296. The lowest BCUT2D eigenvalue weighted by Crippen LogP contribution is -2.56. The Labute approximate surface area is 110 Å². The lowest BCUT2D eigenvalue weighted by Gasteiger charge is -2.42. The van der Waals surface area contributed by atoms with Crippen molar-refractivity contribution >= 4 is 11.9 Å². The van der Waals surface area contributed by atoms with Crippen molar-refractivity contribution in [2.45, 2.75) is 44.6 Å². The summed E-state index contributed by atoms with van der Waals surface area (Å²) in [6, 6.07) is 0. The van der Waals surface area contributed by atoms with Crippen LogP contribution in [0.15, 0.2) is 6.20 Å². The molecule has 0 spiro atoms. The Balaban J connectivity index is 2.15. The molecule has 0 saturated heterocycles. The number of aromatic nitrogens is 3. The number of carbonyl (C=O) groups is 2. The Hall–Kier alpha value is -1.92. The number of hydrogen-bond donors (Lipinski definition) is 2. The molecule has 3 N–H and O–H groups in total.